The van der Waals surface area contributed by atoms with Gasteiger partial charge in [0.1, 0.15) is 0 Å². The van der Waals surface area contributed by atoms with Crippen LogP contribution in [0, 0.1) is 0 Å². The lowest BCUT2D eigenvalue weighted by Crippen LogP contribution is -1.94. The molecule has 0 atom stereocenters. The van der Waals surface area contributed by atoms with E-state index >= 15 is 0 Å². The molecule has 0 amide bonds. The quantitative estimate of drug-likeness (QED) is 0.179. The van der Waals surface area contributed by atoms with Crippen LogP contribution in [0.2, 0.25) is 0 Å². The van der Waals surface area contributed by atoms with Crippen LogP contribution in [0.3, 0.4) is 0 Å². The fraction of sp³-hybridized carbons (Fsp3) is 0.0164. The van der Waals surface area contributed by atoms with Gasteiger partial charge in [-0.25, -0.2) is 0 Å². The third-order valence-corrected chi connectivity index (χ3v) is 13.9. The molecule has 0 bridgehead atoms. The van der Waals surface area contributed by atoms with E-state index in [1.54, 1.807) is 0 Å². The molecule has 3 heteroatoms. The van der Waals surface area contributed by atoms with Crippen molar-refractivity contribution in [3.8, 4) is 55.9 Å². The second kappa shape index (κ2) is 13.5. The van der Waals surface area contributed by atoms with Gasteiger partial charge < -0.3 is 14.1 Å². The molecule has 3 aromatic heterocycles. The zero-order valence-electron chi connectivity index (χ0n) is 34.9. The predicted octanol–water partition coefficient (Wildman–Crippen LogP) is 16.1. The minimum absolute atomic E-state index is 0.953. The van der Waals surface area contributed by atoms with E-state index in [1.165, 1.54) is 116 Å². The summed E-state index contributed by atoms with van der Waals surface area (Å²) in [5, 5.41) is 7.57. The highest BCUT2D eigenvalue weighted by Crippen LogP contribution is 2.43. The van der Waals surface area contributed by atoms with Crippen molar-refractivity contribution in [2.75, 3.05) is 0 Å². The average molecular weight is 814 g/mol. The normalized spacial score (nSPS) is 12.3. The molecule has 0 unspecified atom stereocenters. The van der Waals surface area contributed by atoms with Crippen molar-refractivity contribution in [1.82, 2.24) is 14.1 Å². The Balaban J connectivity index is 0.821. The third kappa shape index (κ3) is 5.28. The zero-order chi connectivity index (χ0) is 41.9. The van der Waals surface area contributed by atoms with Crippen molar-refractivity contribution < 1.29 is 0 Å². The number of hydrogen-bond acceptors (Lipinski definition) is 0. The van der Waals surface area contributed by atoms with Crippen LogP contribution >= 0.6 is 0 Å². The monoisotopic (exact) mass is 813 g/mol. The van der Waals surface area contributed by atoms with Crippen molar-refractivity contribution in [3.63, 3.8) is 0 Å². The number of nitrogens with zero attached hydrogens (tertiary/aromatic N) is 2. The second-order valence-corrected chi connectivity index (χ2v) is 17.4. The van der Waals surface area contributed by atoms with Crippen molar-refractivity contribution in [1.29, 1.82) is 0 Å². The lowest BCUT2D eigenvalue weighted by Gasteiger charge is -2.12. The molecule has 0 aliphatic heterocycles. The number of aromatic nitrogens is 3. The van der Waals surface area contributed by atoms with Gasteiger partial charge in [0.2, 0.25) is 0 Å². The average Bonchev–Trinajstić information content (AvgIpc) is 4.11. The van der Waals surface area contributed by atoms with Gasteiger partial charge in [-0.3, -0.25) is 0 Å². The topological polar surface area (TPSA) is 25.6 Å². The fourth-order valence-corrected chi connectivity index (χ4v) is 10.8. The van der Waals surface area contributed by atoms with E-state index in [0.29, 0.717) is 0 Å². The first-order valence-corrected chi connectivity index (χ1v) is 22.2. The van der Waals surface area contributed by atoms with E-state index in [2.05, 4.69) is 233 Å². The summed E-state index contributed by atoms with van der Waals surface area (Å²) < 4.78 is 4.80. The first-order valence-electron chi connectivity index (χ1n) is 22.2. The van der Waals surface area contributed by atoms with E-state index in [-0.39, 0.29) is 0 Å². The molecule has 10 aromatic carbocycles. The number of hydrogen-bond donors (Lipinski definition) is 1. The summed E-state index contributed by atoms with van der Waals surface area (Å²) in [5.74, 6) is 0. The maximum atomic E-state index is 3.71. The Labute approximate surface area is 369 Å². The van der Waals surface area contributed by atoms with Gasteiger partial charge in [-0.05, 0) is 147 Å². The van der Waals surface area contributed by atoms with Gasteiger partial charge in [-0.1, -0.05) is 133 Å². The summed E-state index contributed by atoms with van der Waals surface area (Å²) >= 11 is 0. The molecule has 64 heavy (non-hydrogen) atoms. The lowest BCUT2D eigenvalue weighted by atomic mass is 9.95. The molecule has 13 aromatic rings. The van der Waals surface area contributed by atoms with Gasteiger partial charge in [-0.2, -0.15) is 0 Å². The molecule has 3 nitrogen and oxygen atoms in total. The number of para-hydroxylation sites is 4. The summed E-state index contributed by atoms with van der Waals surface area (Å²) in [6, 6.07) is 80.7. The number of fused-ring (bicyclic) bond motifs is 12. The highest BCUT2D eigenvalue weighted by atomic mass is 15.0. The summed E-state index contributed by atoms with van der Waals surface area (Å²) in [6.07, 6.45) is 0.953. The van der Waals surface area contributed by atoms with Crippen LogP contribution in [0.15, 0.2) is 218 Å². The van der Waals surface area contributed by atoms with Crippen molar-refractivity contribution in [3.05, 3.63) is 230 Å². The summed E-state index contributed by atoms with van der Waals surface area (Å²) in [6.45, 7) is 0. The first-order chi connectivity index (χ1) is 31.7. The molecule has 0 saturated heterocycles. The lowest BCUT2D eigenvalue weighted by molar-refractivity contribution is 1.18. The van der Waals surface area contributed by atoms with Crippen LogP contribution in [0.5, 0.6) is 0 Å². The molecule has 0 spiro atoms. The van der Waals surface area contributed by atoms with Crippen LogP contribution < -0.4 is 0 Å². The first kappa shape index (κ1) is 35.2. The summed E-state index contributed by atoms with van der Waals surface area (Å²) in [5.41, 5.74) is 22.3. The number of rotatable bonds is 5. The van der Waals surface area contributed by atoms with Crippen LogP contribution in [0.25, 0.3) is 121 Å². The Morgan fingerprint density at radius 1 is 0.281 bits per heavy atom. The van der Waals surface area contributed by atoms with Crippen molar-refractivity contribution >= 4 is 65.4 Å². The number of nitrogens with one attached hydrogen (secondary N) is 1. The molecule has 0 radical (unpaired) electrons. The van der Waals surface area contributed by atoms with Crippen LogP contribution in [-0.2, 0) is 6.42 Å². The largest absolute Gasteiger partial charge is 0.355 e. The highest BCUT2D eigenvalue weighted by Gasteiger charge is 2.21. The zero-order valence-corrected chi connectivity index (χ0v) is 34.9. The Hall–Kier alpha value is -8.40. The molecule has 1 aliphatic rings. The molecule has 1 N–H and O–H groups in total. The summed E-state index contributed by atoms with van der Waals surface area (Å²) in [7, 11) is 0. The smallest absolute Gasteiger partial charge is 0.0541 e. The van der Waals surface area contributed by atoms with Gasteiger partial charge in [-0.15, -0.1) is 0 Å². The van der Waals surface area contributed by atoms with E-state index in [1.807, 2.05) is 0 Å². The van der Waals surface area contributed by atoms with E-state index < -0.39 is 0 Å². The molecule has 0 saturated carbocycles. The van der Waals surface area contributed by atoms with Gasteiger partial charge in [0.25, 0.3) is 0 Å². The minimum Gasteiger partial charge on any atom is -0.355 e. The van der Waals surface area contributed by atoms with Crippen molar-refractivity contribution in [2.24, 2.45) is 0 Å². The molecule has 14 rings (SSSR count). The molecular weight excluding hydrogens is 775 g/mol. The molecule has 0 fully saturated rings. The summed E-state index contributed by atoms with van der Waals surface area (Å²) in [4.78, 5) is 3.71. The van der Waals surface area contributed by atoms with Crippen molar-refractivity contribution in [2.45, 2.75) is 6.42 Å². The maximum Gasteiger partial charge on any atom is 0.0541 e. The predicted molar refractivity (Wildman–Crippen MR) is 269 cm³/mol. The molecule has 3 heterocycles. The van der Waals surface area contributed by atoms with Gasteiger partial charge in [0, 0.05) is 54.7 Å². The highest BCUT2D eigenvalue weighted by molar-refractivity contribution is 6.12. The molecule has 298 valence electrons. The van der Waals surface area contributed by atoms with Crippen LogP contribution in [-0.4, -0.2) is 14.1 Å². The number of benzene rings is 10. The van der Waals surface area contributed by atoms with E-state index in [9.17, 15) is 0 Å². The standard InChI is InChI=1S/C61H39N3/c1-5-19-58-48(15-1)49-16-2-6-20-59(49)63(58)46-13-9-11-38(32-46)40-23-25-44-31-45-26-24-41(35-53(45)52(44)34-40)43-28-30-57-55(37-43)54-36-42(27-29-56(54)62-57)39-12-10-14-47(33-39)64-60-21-7-3-17-50(60)51-18-4-8-22-61(51)64/h1-30,32-37,62H,31H2. The van der Waals surface area contributed by atoms with Crippen LogP contribution in [0.4, 0.5) is 0 Å². The number of H-pyrrole nitrogens is 1. The van der Waals surface area contributed by atoms with Gasteiger partial charge in [0.15, 0.2) is 0 Å². The molecular formula is C61H39N3. The fourth-order valence-electron chi connectivity index (χ4n) is 10.8. The Bertz CT molecular complexity index is 3950. The Morgan fingerprint density at radius 2 is 0.641 bits per heavy atom. The molecule has 1 aliphatic carbocycles. The Morgan fingerprint density at radius 3 is 1.06 bits per heavy atom. The second-order valence-electron chi connectivity index (χ2n) is 17.4. The van der Waals surface area contributed by atoms with E-state index in [0.717, 1.165) is 23.1 Å². The third-order valence-electron chi connectivity index (χ3n) is 13.9. The Kier molecular flexibility index (Phi) is 7.46. The van der Waals surface area contributed by atoms with Gasteiger partial charge >= 0.3 is 0 Å². The minimum atomic E-state index is 0.953. The number of aromatic amines is 1. The SMILES string of the molecule is c1cc(-c2ccc3c(c2)-c2cc(-c4ccc5[nH]c6ccc(-c7cccc(-n8c9ccccc9c9ccccc98)c7)cc6c5c4)ccc2C3)cc(-n2c3ccccc3c3ccccc32)c1. The van der Waals surface area contributed by atoms with Crippen LogP contribution in [0.1, 0.15) is 11.1 Å². The van der Waals surface area contributed by atoms with E-state index in [4.69, 9.17) is 0 Å². The maximum absolute atomic E-state index is 3.71. The van der Waals surface area contributed by atoms with Gasteiger partial charge in [0.05, 0.1) is 22.1 Å².